The van der Waals surface area contributed by atoms with E-state index >= 15 is 0 Å². The Morgan fingerprint density at radius 1 is 0.633 bits per heavy atom. The van der Waals surface area contributed by atoms with E-state index < -0.39 is 11.9 Å². The van der Waals surface area contributed by atoms with Gasteiger partial charge >= 0.3 is 17.9 Å². The van der Waals surface area contributed by atoms with Crippen LogP contribution in [0.2, 0.25) is 0 Å². The Morgan fingerprint density at radius 3 is 1.45 bits per heavy atom. The molecule has 0 aromatic rings. The number of carbonyl (C=O) groups excluding carboxylic acids is 5. The van der Waals surface area contributed by atoms with E-state index in [1.807, 2.05) is 6.79 Å². The zero-order valence-corrected chi connectivity index (χ0v) is 28.0. The van der Waals surface area contributed by atoms with Gasteiger partial charge in [0.1, 0.15) is 12.9 Å². The van der Waals surface area contributed by atoms with Gasteiger partial charge < -0.3 is 34.7 Å². The smallest absolute Gasteiger partial charge is 0.377 e. The summed E-state index contributed by atoms with van der Waals surface area (Å²) >= 11 is 0. The lowest BCUT2D eigenvalue weighted by Gasteiger charge is -2.35. The minimum Gasteiger partial charge on any atom is -0.462 e. The topological polar surface area (TPSA) is 185 Å². The summed E-state index contributed by atoms with van der Waals surface area (Å²) in [4.78, 5) is 55.3. The summed E-state index contributed by atoms with van der Waals surface area (Å²) in [5.41, 5.74) is 21.2. The Balaban J connectivity index is 0.00000565. The van der Waals surface area contributed by atoms with Crippen molar-refractivity contribution in [1.82, 2.24) is 0 Å². The molecule has 0 aromatic carbocycles. The molecule has 0 radical (unpaired) electrons. The first-order chi connectivity index (χ1) is 22.7. The first-order valence-electron chi connectivity index (χ1n) is 15.7. The Bertz CT molecular complexity index is 1480. The molecule has 0 bridgehead atoms. The number of hydrogen-bond donors (Lipinski definition) is 0. The summed E-state index contributed by atoms with van der Waals surface area (Å²) in [6.07, 6.45) is 8.81. The van der Waals surface area contributed by atoms with Crippen LogP contribution in [-0.4, -0.2) is 60.2 Å². The summed E-state index contributed by atoms with van der Waals surface area (Å²) in [6.45, 7) is 14.1. The Morgan fingerprint density at radius 2 is 1.04 bits per heavy atom. The van der Waals surface area contributed by atoms with Crippen LogP contribution in [-0.2, 0) is 42.9 Å². The van der Waals surface area contributed by atoms with Crippen molar-refractivity contribution in [2.75, 3.05) is 0 Å². The zero-order chi connectivity index (χ0) is 34.6. The first kappa shape index (κ1) is 44.1. The average Bonchev–Trinajstić information content (AvgIpc) is 3.09. The van der Waals surface area contributed by atoms with E-state index in [4.69, 9.17) is 23.7 Å². The van der Waals surface area contributed by atoms with Gasteiger partial charge in [-0.05, 0) is 132 Å². The minimum atomic E-state index is -1.00. The van der Waals surface area contributed by atoms with E-state index in [2.05, 4.69) is 65.6 Å². The van der Waals surface area contributed by atoms with Crippen molar-refractivity contribution in [3.05, 3.63) is 82.7 Å². The molecule has 0 aromatic heterocycles. The van der Waals surface area contributed by atoms with Crippen LogP contribution in [0.3, 0.4) is 0 Å². The van der Waals surface area contributed by atoms with Crippen LogP contribution in [0.1, 0.15) is 84.0 Å². The van der Waals surface area contributed by atoms with Gasteiger partial charge in [0.2, 0.25) is 6.29 Å². The van der Waals surface area contributed by atoms with Crippen LogP contribution >= 0.6 is 0 Å². The second-order valence-corrected chi connectivity index (χ2v) is 11.5. The molecular formula is C38H46O11. The predicted octanol–water partition coefficient (Wildman–Crippen LogP) is 4.52. The zero-order valence-electron chi connectivity index (χ0n) is 28.0. The number of hydrogen-bond acceptors (Lipinski definition) is 9. The summed E-state index contributed by atoms with van der Waals surface area (Å²) in [6, 6.07) is 0. The highest BCUT2D eigenvalue weighted by molar-refractivity contribution is 6.20. The quantitative estimate of drug-likeness (QED) is 0.0609. The van der Waals surface area contributed by atoms with Gasteiger partial charge in [0.05, 0.1) is 18.1 Å². The third-order valence-electron chi connectivity index (χ3n) is 8.30. The highest BCUT2D eigenvalue weighted by atomic mass is 16.6. The van der Waals surface area contributed by atoms with E-state index in [-0.39, 0.29) is 65.0 Å². The number of allylic oxidation sites excluding steroid dienone is 2. The average molecular weight is 679 g/mol. The lowest BCUT2D eigenvalue weighted by atomic mass is 9.84. The summed E-state index contributed by atoms with van der Waals surface area (Å²) in [5, 5.41) is 0. The lowest BCUT2D eigenvalue weighted by molar-refractivity contribution is -0.158. The van der Waals surface area contributed by atoms with Crippen LogP contribution < -0.4 is 0 Å². The van der Waals surface area contributed by atoms with Gasteiger partial charge in [-0.2, -0.15) is 0 Å². The molecule has 3 saturated carbocycles. The van der Waals surface area contributed by atoms with Crippen LogP contribution in [0, 0.1) is 17.8 Å². The third-order valence-corrected chi connectivity index (χ3v) is 8.30. The maximum atomic E-state index is 13.0. The molecule has 11 heteroatoms. The first-order valence-corrected chi connectivity index (χ1v) is 15.7. The largest absolute Gasteiger partial charge is 0.462 e. The normalized spacial score (nSPS) is 23.3. The van der Waals surface area contributed by atoms with Gasteiger partial charge in [0.25, 0.3) is 0 Å². The Hall–Kier alpha value is -4.91. The fourth-order valence-electron chi connectivity index (χ4n) is 5.89. The second-order valence-electron chi connectivity index (χ2n) is 11.5. The highest BCUT2D eigenvalue weighted by Crippen LogP contribution is 2.36. The van der Waals surface area contributed by atoms with E-state index in [0.29, 0.717) is 49.9 Å². The fourth-order valence-corrected chi connectivity index (χ4v) is 5.89. The van der Waals surface area contributed by atoms with Crippen LogP contribution in [0.5, 0.6) is 0 Å². The molecule has 0 atom stereocenters. The van der Waals surface area contributed by atoms with E-state index in [1.165, 1.54) is 0 Å². The monoisotopic (exact) mass is 678 g/mol. The number of rotatable bonds is 10. The summed E-state index contributed by atoms with van der Waals surface area (Å²) in [7, 11) is 0. The van der Waals surface area contributed by atoms with Crippen LogP contribution in [0.25, 0.3) is 0 Å². The summed E-state index contributed by atoms with van der Waals surface area (Å²) in [5.74, 6) is -1.31. The van der Waals surface area contributed by atoms with Crippen LogP contribution in [0.4, 0.5) is 0 Å². The fraction of sp³-hybridized carbons (Fsp3) is 0.500. The molecule has 0 unspecified atom stereocenters. The maximum absolute atomic E-state index is 13.0. The van der Waals surface area contributed by atoms with Gasteiger partial charge in [-0.25, -0.2) is 9.59 Å². The molecule has 3 aliphatic carbocycles. The van der Waals surface area contributed by atoms with E-state index in [9.17, 15) is 19.2 Å². The predicted molar refractivity (Wildman–Crippen MR) is 178 cm³/mol. The number of carbonyl (C=O) groups is 5. The summed E-state index contributed by atoms with van der Waals surface area (Å²) < 4.78 is 22.9. The molecule has 0 heterocycles. The number of ether oxygens (including phenoxy) is 4. The van der Waals surface area contributed by atoms with Crippen molar-refractivity contribution in [1.29, 1.82) is 0 Å². The SMILES string of the molecule is C=C=C=C=C=C(OC(=O)C=O)C1CCC(OC(=O)C2CCC(OC3CCC(C(=C=C=C=C=C)OC(=O)C(=C)C)CC3)CC2)CC1.C=O.O.O. The van der Waals surface area contributed by atoms with Gasteiger partial charge in [-0.15, -0.1) is 0 Å². The minimum absolute atomic E-state index is 0. The number of esters is 3. The Labute approximate surface area is 287 Å². The molecule has 0 amide bonds. The maximum Gasteiger partial charge on any atom is 0.377 e. The molecule has 0 aliphatic heterocycles. The molecule has 49 heavy (non-hydrogen) atoms. The second kappa shape index (κ2) is 24.3. The van der Waals surface area contributed by atoms with Crippen molar-refractivity contribution in [2.45, 2.75) is 102 Å². The van der Waals surface area contributed by atoms with Crippen molar-refractivity contribution >= 4 is 31.0 Å². The van der Waals surface area contributed by atoms with Gasteiger partial charge in [-0.1, -0.05) is 18.0 Å². The van der Waals surface area contributed by atoms with E-state index in [0.717, 1.165) is 38.5 Å². The van der Waals surface area contributed by atoms with Crippen molar-refractivity contribution in [2.24, 2.45) is 17.8 Å². The molecule has 3 rings (SSSR count). The molecule has 3 aliphatic rings. The molecule has 4 N–H and O–H groups in total. The molecular weight excluding hydrogens is 632 g/mol. The standard InChI is InChI=1S/C37H40O8.CH2O.2H2O/c1-5-7-9-11-33(44-35(39)25-38)27-15-21-32(22-16-27)43-37(41)29-17-23-31(24-18-29)42-30-19-13-28(14-20-30)34(12-10-8-6-2)45-36(40)26(3)4;1-2;;/h25,27-32H,1-3,13-24H2,4H3;1H2;2*1H2. The van der Waals surface area contributed by atoms with E-state index in [1.54, 1.807) is 6.92 Å². The molecule has 3 fully saturated rings. The molecule has 264 valence electrons. The van der Waals surface area contributed by atoms with Crippen LogP contribution in [0.15, 0.2) is 82.7 Å². The van der Waals surface area contributed by atoms with Crippen molar-refractivity contribution < 1.29 is 53.9 Å². The van der Waals surface area contributed by atoms with Gasteiger partial charge in [-0.3, -0.25) is 9.59 Å². The Kier molecular flexibility index (Phi) is 21.8. The van der Waals surface area contributed by atoms with Gasteiger partial charge in [0, 0.05) is 17.4 Å². The van der Waals surface area contributed by atoms with Gasteiger partial charge in [0.15, 0.2) is 11.5 Å². The van der Waals surface area contributed by atoms with Crippen molar-refractivity contribution in [3.8, 4) is 0 Å². The highest BCUT2D eigenvalue weighted by Gasteiger charge is 2.34. The number of aldehydes is 1. The third kappa shape index (κ3) is 15.2. The van der Waals surface area contributed by atoms with Crippen molar-refractivity contribution in [3.63, 3.8) is 0 Å². The molecule has 0 spiro atoms. The lowest BCUT2D eigenvalue weighted by Crippen LogP contribution is -2.34. The molecule has 0 saturated heterocycles. The molecule has 11 nitrogen and oxygen atoms in total.